The Morgan fingerprint density at radius 2 is 2.11 bits per heavy atom. The highest BCUT2D eigenvalue weighted by Crippen LogP contribution is 2.24. The predicted molar refractivity (Wildman–Crippen MR) is 72.6 cm³/mol. The van der Waals surface area contributed by atoms with E-state index in [0.29, 0.717) is 39.1 Å². The van der Waals surface area contributed by atoms with Crippen molar-refractivity contribution in [3.05, 3.63) is 29.8 Å². The highest BCUT2D eigenvalue weighted by Gasteiger charge is 2.31. The molecule has 1 aromatic rings. The van der Waals surface area contributed by atoms with Crippen molar-refractivity contribution in [3.63, 3.8) is 0 Å². The molecule has 0 aliphatic carbocycles. The maximum absolute atomic E-state index is 10.5. The molecule has 4 nitrogen and oxygen atoms in total. The molecule has 100 valence electrons. The molecule has 1 aliphatic rings. The molecule has 1 heterocycles. The molecule has 0 bridgehead atoms. The van der Waals surface area contributed by atoms with Crippen molar-refractivity contribution in [2.75, 3.05) is 31.7 Å². The van der Waals surface area contributed by atoms with E-state index in [4.69, 9.17) is 10.5 Å². The third kappa shape index (κ3) is 3.22. The molecular formula is C14H22N2O2. The lowest BCUT2D eigenvalue weighted by atomic mass is 9.93. The van der Waals surface area contributed by atoms with Crippen molar-refractivity contribution in [2.24, 2.45) is 5.73 Å². The molecule has 3 N–H and O–H groups in total. The summed E-state index contributed by atoms with van der Waals surface area (Å²) in [5.74, 6) is 0. The van der Waals surface area contributed by atoms with E-state index in [-0.39, 0.29) is 0 Å². The molecule has 0 radical (unpaired) electrons. The monoisotopic (exact) mass is 250 g/mol. The standard InChI is InChI=1S/C14H22N2O2/c1-16(11-14(17)5-7-18-8-6-14)13-4-2-3-12(9-13)10-15/h2-4,9,17H,5-8,10-11,15H2,1H3. The van der Waals surface area contributed by atoms with Gasteiger partial charge in [0.15, 0.2) is 0 Å². The first-order valence-corrected chi connectivity index (χ1v) is 6.43. The number of nitrogens with two attached hydrogens (primary N) is 1. The molecule has 0 unspecified atom stereocenters. The van der Waals surface area contributed by atoms with Gasteiger partial charge in [0.05, 0.1) is 5.60 Å². The van der Waals surface area contributed by atoms with Crippen molar-refractivity contribution < 1.29 is 9.84 Å². The van der Waals surface area contributed by atoms with Gasteiger partial charge in [-0.3, -0.25) is 0 Å². The Morgan fingerprint density at radius 1 is 1.39 bits per heavy atom. The summed E-state index contributed by atoms with van der Waals surface area (Å²) in [7, 11) is 2.00. The molecule has 0 saturated carbocycles. The second-order valence-corrected chi connectivity index (χ2v) is 5.07. The Kier molecular flexibility index (Phi) is 4.22. The third-order valence-corrected chi connectivity index (χ3v) is 3.54. The van der Waals surface area contributed by atoms with Gasteiger partial charge in [-0.25, -0.2) is 0 Å². The minimum Gasteiger partial charge on any atom is -0.388 e. The number of ether oxygens (including phenoxy) is 1. The minimum atomic E-state index is -0.633. The van der Waals surface area contributed by atoms with Crippen LogP contribution in [0.25, 0.3) is 0 Å². The van der Waals surface area contributed by atoms with Crippen LogP contribution in [0.4, 0.5) is 5.69 Å². The van der Waals surface area contributed by atoms with Gasteiger partial charge in [0.1, 0.15) is 0 Å². The smallest absolute Gasteiger partial charge is 0.0865 e. The lowest BCUT2D eigenvalue weighted by Crippen LogP contribution is -2.45. The quantitative estimate of drug-likeness (QED) is 0.841. The van der Waals surface area contributed by atoms with Crippen LogP contribution in [0.5, 0.6) is 0 Å². The highest BCUT2D eigenvalue weighted by molar-refractivity contribution is 5.48. The average Bonchev–Trinajstić information content (AvgIpc) is 2.39. The van der Waals surface area contributed by atoms with Crippen LogP contribution in [-0.2, 0) is 11.3 Å². The molecule has 0 aromatic heterocycles. The molecule has 0 atom stereocenters. The normalized spacial score (nSPS) is 18.6. The van der Waals surface area contributed by atoms with Crippen LogP contribution in [0.2, 0.25) is 0 Å². The minimum absolute atomic E-state index is 0.541. The number of rotatable bonds is 4. The van der Waals surface area contributed by atoms with Gasteiger partial charge in [-0.1, -0.05) is 12.1 Å². The second-order valence-electron chi connectivity index (χ2n) is 5.07. The van der Waals surface area contributed by atoms with Crippen molar-refractivity contribution in [1.29, 1.82) is 0 Å². The zero-order valence-electron chi connectivity index (χ0n) is 10.9. The predicted octanol–water partition coefficient (Wildman–Crippen LogP) is 1.12. The van der Waals surface area contributed by atoms with E-state index in [2.05, 4.69) is 11.0 Å². The second kappa shape index (κ2) is 5.69. The molecule has 1 saturated heterocycles. The number of likely N-dealkylation sites (N-methyl/N-ethyl adjacent to an activating group) is 1. The topological polar surface area (TPSA) is 58.7 Å². The molecule has 1 aromatic carbocycles. The number of nitrogens with zero attached hydrogens (tertiary/aromatic N) is 1. The van der Waals surface area contributed by atoms with E-state index in [0.717, 1.165) is 11.3 Å². The Bertz CT molecular complexity index is 389. The lowest BCUT2D eigenvalue weighted by Gasteiger charge is -2.36. The first kappa shape index (κ1) is 13.3. The Hall–Kier alpha value is -1.10. The molecule has 1 fully saturated rings. The lowest BCUT2D eigenvalue weighted by molar-refractivity contribution is -0.0572. The van der Waals surface area contributed by atoms with Crippen molar-refractivity contribution in [3.8, 4) is 0 Å². The summed E-state index contributed by atoms with van der Waals surface area (Å²) in [6.45, 7) is 2.46. The van der Waals surface area contributed by atoms with E-state index in [1.807, 2.05) is 25.2 Å². The molecular weight excluding hydrogens is 228 g/mol. The van der Waals surface area contributed by atoms with Gasteiger partial charge in [0, 0.05) is 51.9 Å². The summed E-state index contributed by atoms with van der Waals surface area (Å²) >= 11 is 0. The zero-order chi connectivity index (χ0) is 13.0. The van der Waals surface area contributed by atoms with Gasteiger partial charge in [0.25, 0.3) is 0 Å². The van der Waals surface area contributed by atoms with Crippen LogP contribution in [-0.4, -0.2) is 37.5 Å². The van der Waals surface area contributed by atoms with Crippen LogP contribution in [0, 0.1) is 0 Å². The van der Waals surface area contributed by atoms with Crippen LogP contribution >= 0.6 is 0 Å². The highest BCUT2D eigenvalue weighted by atomic mass is 16.5. The van der Waals surface area contributed by atoms with Crippen LogP contribution in [0.1, 0.15) is 18.4 Å². The number of hydrogen-bond acceptors (Lipinski definition) is 4. The summed E-state index contributed by atoms with van der Waals surface area (Å²) in [5, 5.41) is 10.5. The van der Waals surface area contributed by atoms with Crippen LogP contribution < -0.4 is 10.6 Å². The molecule has 18 heavy (non-hydrogen) atoms. The Balaban J connectivity index is 2.03. The third-order valence-electron chi connectivity index (χ3n) is 3.54. The molecule has 0 spiro atoms. The van der Waals surface area contributed by atoms with E-state index >= 15 is 0 Å². The van der Waals surface area contributed by atoms with Gasteiger partial charge in [0.2, 0.25) is 0 Å². The average molecular weight is 250 g/mol. The van der Waals surface area contributed by atoms with Gasteiger partial charge in [-0.05, 0) is 17.7 Å². The summed E-state index contributed by atoms with van der Waals surface area (Å²) in [6, 6.07) is 8.13. The Labute approximate surface area is 108 Å². The van der Waals surface area contributed by atoms with Crippen molar-refractivity contribution in [1.82, 2.24) is 0 Å². The van der Waals surface area contributed by atoms with E-state index in [1.54, 1.807) is 0 Å². The van der Waals surface area contributed by atoms with Gasteiger partial charge >= 0.3 is 0 Å². The van der Waals surface area contributed by atoms with Gasteiger partial charge < -0.3 is 20.5 Å². The molecule has 1 aliphatic heterocycles. The van der Waals surface area contributed by atoms with E-state index in [1.165, 1.54) is 0 Å². The first-order valence-electron chi connectivity index (χ1n) is 6.43. The molecule has 0 amide bonds. The fraction of sp³-hybridized carbons (Fsp3) is 0.571. The number of aliphatic hydroxyl groups is 1. The maximum Gasteiger partial charge on any atom is 0.0865 e. The summed E-state index contributed by atoms with van der Waals surface area (Å²) in [4.78, 5) is 2.09. The number of hydrogen-bond donors (Lipinski definition) is 2. The summed E-state index contributed by atoms with van der Waals surface area (Å²) in [5.41, 5.74) is 7.22. The summed E-state index contributed by atoms with van der Waals surface area (Å²) < 4.78 is 5.29. The zero-order valence-corrected chi connectivity index (χ0v) is 10.9. The Morgan fingerprint density at radius 3 is 2.78 bits per heavy atom. The van der Waals surface area contributed by atoms with Crippen molar-refractivity contribution in [2.45, 2.75) is 25.0 Å². The van der Waals surface area contributed by atoms with Gasteiger partial charge in [-0.2, -0.15) is 0 Å². The van der Waals surface area contributed by atoms with E-state index in [9.17, 15) is 5.11 Å². The van der Waals surface area contributed by atoms with Crippen LogP contribution in [0.15, 0.2) is 24.3 Å². The number of benzene rings is 1. The van der Waals surface area contributed by atoms with Crippen molar-refractivity contribution >= 4 is 5.69 Å². The fourth-order valence-corrected chi connectivity index (χ4v) is 2.36. The molecule has 2 rings (SSSR count). The summed E-state index contributed by atoms with van der Waals surface area (Å²) in [6.07, 6.45) is 1.40. The van der Waals surface area contributed by atoms with Crippen LogP contribution in [0.3, 0.4) is 0 Å². The molecule has 4 heteroatoms. The fourth-order valence-electron chi connectivity index (χ4n) is 2.36. The SMILES string of the molecule is CN(CC1(O)CCOCC1)c1cccc(CN)c1. The first-order chi connectivity index (χ1) is 8.63. The largest absolute Gasteiger partial charge is 0.388 e. The maximum atomic E-state index is 10.5. The number of anilines is 1. The van der Waals surface area contributed by atoms with E-state index < -0.39 is 5.60 Å². The van der Waals surface area contributed by atoms with Gasteiger partial charge in [-0.15, -0.1) is 0 Å².